The van der Waals surface area contributed by atoms with E-state index in [9.17, 15) is 4.79 Å². The van der Waals surface area contributed by atoms with Crippen molar-refractivity contribution in [2.45, 2.75) is 25.8 Å². The average Bonchev–Trinajstić information content (AvgIpc) is 3.16. The van der Waals surface area contributed by atoms with Crippen molar-refractivity contribution >= 4 is 28.5 Å². The molecule has 1 unspecified atom stereocenters. The number of halogens is 1. The Bertz CT molecular complexity index is 1050. The Hall–Kier alpha value is -2.70. The summed E-state index contributed by atoms with van der Waals surface area (Å²) in [6, 6.07) is 13.5. The first kappa shape index (κ1) is 21.5. The first-order chi connectivity index (χ1) is 15.1. The van der Waals surface area contributed by atoms with Crippen LogP contribution < -0.4 is 10.1 Å². The smallest absolute Gasteiger partial charge is 0.318 e. The van der Waals surface area contributed by atoms with Crippen LogP contribution >= 0.6 is 11.6 Å². The Morgan fingerprint density at radius 1 is 1.26 bits per heavy atom. The van der Waals surface area contributed by atoms with Crippen molar-refractivity contribution in [3.05, 3.63) is 64.3 Å². The Kier molecular flexibility index (Phi) is 6.68. The SMILES string of the molecule is CCOCCCNC(=O)N1CCc2c([nH]c3ccc(Cl)cc23)C1c1ccc(OC)cc1. The number of amides is 2. The number of carbonyl (C=O) groups excluding carboxylic acids is 1. The number of H-pyrrole nitrogens is 1. The fourth-order valence-electron chi connectivity index (χ4n) is 4.23. The highest BCUT2D eigenvalue weighted by Gasteiger charge is 2.34. The molecule has 0 radical (unpaired) electrons. The number of nitrogens with zero attached hydrogens (tertiary/aromatic N) is 1. The molecule has 7 heteroatoms. The van der Waals surface area contributed by atoms with Gasteiger partial charge in [0.05, 0.1) is 13.2 Å². The predicted octanol–water partition coefficient (Wildman–Crippen LogP) is 4.91. The Morgan fingerprint density at radius 3 is 2.81 bits per heavy atom. The standard InChI is InChI=1S/C24H28ClN3O3/c1-3-31-14-4-12-26-24(29)28-13-11-19-20-15-17(25)7-10-21(20)27-22(19)23(28)16-5-8-18(30-2)9-6-16/h5-10,15,23,27H,3-4,11-14H2,1-2H3,(H,26,29). The monoisotopic (exact) mass is 441 g/mol. The number of nitrogens with one attached hydrogen (secondary N) is 2. The Morgan fingerprint density at radius 2 is 2.06 bits per heavy atom. The summed E-state index contributed by atoms with van der Waals surface area (Å²) in [5.41, 5.74) is 4.33. The van der Waals surface area contributed by atoms with Gasteiger partial charge < -0.3 is 24.7 Å². The quantitative estimate of drug-likeness (QED) is 0.512. The van der Waals surface area contributed by atoms with E-state index in [1.165, 1.54) is 5.56 Å². The lowest BCUT2D eigenvalue weighted by atomic mass is 9.92. The Labute approximate surface area is 187 Å². The van der Waals surface area contributed by atoms with E-state index in [0.29, 0.717) is 31.3 Å². The molecule has 6 nitrogen and oxygen atoms in total. The zero-order valence-corrected chi connectivity index (χ0v) is 18.7. The van der Waals surface area contributed by atoms with Crippen LogP contribution in [0.1, 0.15) is 36.2 Å². The summed E-state index contributed by atoms with van der Waals surface area (Å²) in [7, 11) is 1.65. The number of methoxy groups -OCH3 is 1. The van der Waals surface area contributed by atoms with E-state index in [2.05, 4.69) is 10.3 Å². The van der Waals surface area contributed by atoms with Crippen molar-refractivity contribution in [2.75, 3.05) is 33.4 Å². The first-order valence-electron chi connectivity index (χ1n) is 10.7. The zero-order valence-electron chi connectivity index (χ0n) is 17.9. The summed E-state index contributed by atoms with van der Waals surface area (Å²) < 4.78 is 10.7. The molecule has 1 aliphatic rings. The molecule has 31 heavy (non-hydrogen) atoms. The van der Waals surface area contributed by atoms with E-state index < -0.39 is 0 Å². The lowest BCUT2D eigenvalue weighted by Gasteiger charge is -2.36. The van der Waals surface area contributed by atoms with Gasteiger partial charge in [-0.3, -0.25) is 0 Å². The number of aromatic nitrogens is 1. The first-order valence-corrected chi connectivity index (χ1v) is 11.1. The summed E-state index contributed by atoms with van der Waals surface area (Å²) in [6.45, 7) is 4.51. The molecule has 2 N–H and O–H groups in total. The predicted molar refractivity (Wildman–Crippen MR) is 123 cm³/mol. The third-order valence-electron chi connectivity index (χ3n) is 5.73. The summed E-state index contributed by atoms with van der Waals surface area (Å²) >= 11 is 6.26. The van der Waals surface area contributed by atoms with Gasteiger partial charge in [0, 0.05) is 47.9 Å². The normalized spacial score (nSPS) is 15.7. The van der Waals surface area contributed by atoms with Gasteiger partial charge in [0.25, 0.3) is 0 Å². The molecule has 0 fully saturated rings. The highest BCUT2D eigenvalue weighted by Crippen LogP contribution is 2.39. The number of rotatable bonds is 7. The van der Waals surface area contributed by atoms with Gasteiger partial charge >= 0.3 is 6.03 Å². The molecule has 2 aromatic carbocycles. The van der Waals surface area contributed by atoms with Crippen LogP contribution in [0.25, 0.3) is 10.9 Å². The van der Waals surface area contributed by atoms with Crippen molar-refractivity contribution in [1.82, 2.24) is 15.2 Å². The summed E-state index contributed by atoms with van der Waals surface area (Å²) in [6.07, 6.45) is 1.56. The minimum Gasteiger partial charge on any atom is -0.497 e. The van der Waals surface area contributed by atoms with E-state index in [-0.39, 0.29) is 12.1 Å². The molecule has 164 valence electrons. The van der Waals surface area contributed by atoms with Gasteiger partial charge in [0.1, 0.15) is 5.75 Å². The van der Waals surface area contributed by atoms with Gasteiger partial charge in [0.2, 0.25) is 0 Å². The lowest BCUT2D eigenvalue weighted by molar-refractivity contribution is 0.143. The van der Waals surface area contributed by atoms with Crippen LogP contribution in [0, 0.1) is 0 Å². The van der Waals surface area contributed by atoms with E-state index in [1.807, 2.05) is 54.3 Å². The fourth-order valence-corrected chi connectivity index (χ4v) is 4.40. The summed E-state index contributed by atoms with van der Waals surface area (Å²) in [5, 5.41) is 4.89. The number of hydrogen-bond donors (Lipinski definition) is 2. The fraction of sp³-hybridized carbons (Fsp3) is 0.375. The van der Waals surface area contributed by atoms with Crippen molar-refractivity contribution in [2.24, 2.45) is 0 Å². The molecule has 0 spiro atoms. The average molecular weight is 442 g/mol. The number of benzene rings is 2. The maximum atomic E-state index is 13.1. The second-order valence-electron chi connectivity index (χ2n) is 7.61. The number of aromatic amines is 1. The molecule has 0 aliphatic carbocycles. The molecule has 2 heterocycles. The van der Waals surface area contributed by atoms with E-state index >= 15 is 0 Å². The molecular formula is C24H28ClN3O3. The van der Waals surface area contributed by atoms with Crippen LogP contribution in [0.2, 0.25) is 5.02 Å². The highest BCUT2D eigenvalue weighted by molar-refractivity contribution is 6.31. The summed E-state index contributed by atoms with van der Waals surface area (Å²) in [4.78, 5) is 18.6. The van der Waals surface area contributed by atoms with Crippen molar-refractivity contribution in [1.29, 1.82) is 0 Å². The number of fused-ring (bicyclic) bond motifs is 3. The van der Waals surface area contributed by atoms with Crippen LogP contribution in [-0.2, 0) is 11.2 Å². The van der Waals surface area contributed by atoms with Crippen molar-refractivity contribution < 1.29 is 14.3 Å². The third-order valence-corrected chi connectivity index (χ3v) is 5.96. The molecule has 1 aliphatic heterocycles. The number of ether oxygens (including phenoxy) is 2. The molecular weight excluding hydrogens is 414 g/mol. The summed E-state index contributed by atoms with van der Waals surface area (Å²) in [5.74, 6) is 0.787. The second kappa shape index (κ2) is 9.62. The number of hydrogen-bond acceptors (Lipinski definition) is 3. The zero-order chi connectivity index (χ0) is 21.8. The topological polar surface area (TPSA) is 66.6 Å². The molecule has 3 aromatic rings. The molecule has 2 amide bonds. The Balaban J connectivity index is 1.66. The third kappa shape index (κ3) is 4.50. The highest BCUT2D eigenvalue weighted by atomic mass is 35.5. The number of carbonyl (C=O) groups is 1. The van der Waals surface area contributed by atoms with Gasteiger partial charge in [-0.15, -0.1) is 0 Å². The largest absolute Gasteiger partial charge is 0.497 e. The van der Waals surface area contributed by atoms with Crippen LogP contribution in [0.3, 0.4) is 0 Å². The van der Waals surface area contributed by atoms with Gasteiger partial charge in [-0.05, 0) is 61.2 Å². The number of urea groups is 1. The minimum atomic E-state index is -0.215. The molecule has 0 bridgehead atoms. The molecule has 0 saturated carbocycles. The van der Waals surface area contributed by atoms with E-state index in [1.54, 1.807) is 7.11 Å². The molecule has 1 atom stereocenters. The van der Waals surface area contributed by atoms with Gasteiger partial charge in [-0.25, -0.2) is 4.79 Å². The maximum Gasteiger partial charge on any atom is 0.318 e. The molecule has 0 saturated heterocycles. The maximum absolute atomic E-state index is 13.1. The van der Waals surface area contributed by atoms with Crippen LogP contribution in [0.5, 0.6) is 5.75 Å². The molecule has 1 aromatic heterocycles. The van der Waals surface area contributed by atoms with Crippen LogP contribution in [-0.4, -0.2) is 49.3 Å². The van der Waals surface area contributed by atoms with Gasteiger partial charge in [-0.1, -0.05) is 23.7 Å². The van der Waals surface area contributed by atoms with E-state index in [0.717, 1.165) is 40.8 Å². The lowest BCUT2D eigenvalue weighted by Crippen LogP contribution is -2.46. The van der Waals surface area contributed by atoms with Crippen molar-refractivity contribution in [3.8, 4) is 5.75 Å². The van der Waals surface area contributed by atoms with E-state index in [4.69, 9.17) is 21.1 Å². The van der Waals surface area contributed by atoms with Gasteiger partial charge in [0.15, 0.2) is 0 Å². The van der Waals surface area contributed by atoms with Crippen LogP contribution in [0.15, 0.2) is 42.5 Å². The van der Waals surface area contributed by atoms with Gasteiger partial charge in [-0.2, -0.15) is 0 Å². The van der Waals surface area contributed by atoms with Crippen molar-refractivity contribution in [3.63, 3.8) is 0 Å². The second-order valence-corrected chi connectivity index (χ2v) is 8.05. The molecule has 4 rings (SSSR count). The van der Waals surface area contributed by atoms with Crippen LogP contribution in [0.4, 0.5) is 4.79 Å². The minimum absolute atomic E-state index is 0.0698.